The largest absolute Gasteiger partial charge is 0.416 e. The van der Waals surface area contributed by atoms with Gasteiger partial charge in [-0.15, -0.1) is 0 Å². The van der Waals surface area contributed by atoms with E-state index in [4.69, 9.17) is 4.43 Å². The highest BCUT2D eigenvalue weighted by Gasteiger charge is 2.39. The molecule has 0 aliphatic heterocycles. The summed E-state index contributed by atoms with van der Waals surface area (Å²) < 4.78 is 6.39. The smallest absolute Gasteiger partial charge is 0.192 e. The third-order valence-corrected chi connectivity index (χ3v) is 10.1. The molecular formula is C19H36O2Si. The van der Waals surface area contributed by atoms with Gasteiger partial charge < -0.3 is 4.43 Å². The number of carbonyl (C=O) groups excluding carboxylic acids is 1. The van der Waals surface area contributed by atoms with E-state index in [-0.39, 0.29) is 15.9 Å². The topological polar surface area (TPSA) is 26.3 Å². The van der Waals surface area contributed by atoms with E-state index >= 15 is 0 Å². The Morgan fingerprint density at radius 1 is 1.23 bits per heavy atom. The first-order valence-corrected chi connectivity index (χ1v) is 11.5. The van der Waals surface area contributed by atoms with Gasteiger partial charge in [-0.05, 0) is 48.9 Å². The molecule has 1 aliphatic rings. The maximum Gasteiger partial charge on any atom is 0.192 e. The van der Waals surface area contributed by atoms with Crippen LogP contribution in [-0.2, 0) is 9.22 Å². The monoisotopic (exact) mass is 324 g/mol. The maximum atomic E-state index is 11.9. The van der Waals surface area contributed by atoms with E-state index in [9.17, 15) is 4.79 Å². The Morgan fingerprint density at radius 3 is 2.27 bits per heavy atom. The average Bonchev–Trinajstić information content (AvgIpc) is 2.66. The molecule has 0 saturated heterocycles. The van der Waals surface area contributed by atoms with Crippen molar-refractivity contribution >= 4 is 14.1 Å². The second-order valence-electron chi connectivity index (χ2n) is 9.60. The molecule has 0 bridgehead atoms. The Morgan fingerprint density at radius 2 is 1.82 bits per heavy atom. The zero-order chi connectivity index (χ0) is 17.2. The minimum absolute atomic E-state index is 0.142. The summed E-state index contributed by atoms with van der Waals surface area (Å²) in [5, 5.41) is 0.262. The molecule has 0 N–H and O–H groups in total. The van der Waals surface area contributed by atoms with Gasteiger partial charge in [-0.1, -0.05) is 54.0 Å². The van der Waals surface area contributed by atoms with Crippen LogP contribution in [0.2, 0.25) is 18.1 Å². The Hall–Kier alpha value is -0.413. The molecule has 0 heterocycles. The van der Waals surface area contributed by atoms with Crippen molar-refractivity contribution in [2.24, 2.45) is 10.8 Å². The molecular weight excluding hydrogens is 288 g/mol. The van der Waals surface area contributed by atoms with Crippen LogP contribution in [0.25, 0.3) is 0 Å². The molecule has 0 saturated carbocycles. The van der Waals surface area contributed by atoms with Gasteiger partial charge in [0.15, 0.2) is 14.1 Å². The summed E-state index contributed by atoms with van der Waals surface area (Å²) in [6.07, 6.45) is 7.89. The number of ketones is 1. The molecule has 0 aromatic rings. The molecule has 3 heteroatoms. The fourth-order valence-corrected chi connectivity index (χ4v) is 3.76. The van der Waals surface area contributed by atoms with Gasteiger partial charge in [-0.25, -0.2) is 0 Å². The molecule has 0 spiro atoms. The summed E-state index contributed by atoms with van der Waals surface area (Å²) in [6, 6.07) is 0. The molecule has 1 aliphatic carbocycles. The normalized spacial score (nSPS) is 23.4. The molecule has 0 aromatic carbocycles. The summed E-state index contributed by atoms with van der Waals surface area (Å²) in [6.45, 7) is 19.0. The van der Waals surface area contributed by atoms with Gasteiger partial charge in [0, 0.05) is 12.0 Å². The predicted molar refractivity (Wildman–Crippen MR) is 97.7 cm³/mol. The summed E-state index contributed by atoms with van der Waals surface area (Å²) in [5.41, 5.74) is 0.0390. The van der Waals surface area contributed by atoms with Crippen molar-refractivity contribution < 1.29 is 9.22 Å². The van der Waals surface area contributed by atoms with Crippen molar-refractivity contribution in [3.8, 4) is 0 Å². The summed E-state index contributed by atoms with van der Waals surface area (Å²) in [5.74, 6) is 0.308. The van der Waals surface area contributed by atoms with E-state index in [0.29, 0.717) is 5.78 Å². The minimum atomic E-state index is -1.67. The van der Waals surface area contributed by atoms with Crippen LogP contribution in [0.4, 0.5) is 0 Å². The number of hydrogen-bond donors (Lipinski definition) is 0. The number of hydrogen-bond acceptors (Lipinski definition) is 2. The van der Waals surface area contributed by atoms with Gasteiger partial charge in [0.25, 0.3) is 0 Å². The van der Waals surface area contributed by atoms with Crippen molar-refractivity contribution in [3.05, 3.63) is 12.2 Å². The van der Waals surface area contributed by atoms with Crippen molar-refractivity contribution in [1.82, 2.24) is 0 Å². The summed E-state index contributed by atoms with van der Waals surface area (Å²) in [7, 11) is -1.67. The number of rotatable bonds is 7. The van der Waals surface area contributed by atoms with Crippen LogP contribution in [0.1, 0.15) is 67.2 Å². The Kier molecular flexibility index (Phi) is 5.89. The highest BCUT2D eigenvalue weighted by atomic mass is 28.4. The van der Waals surface area contributed by atoms with E-state index in [1.807, 2.05) is 6.08 Å². The molecule has 0 aromatic heterocycles. The average molecular weight is 325 g/mol. The number of carbonyl (C=O) groups is 1. The van der Waals surface area contributed by atoms with Crippen LogP contribution >= 0.6 is 0 Å². The first kappa shape index (κ1) is 19.6. The van der Waals surface area contributed by atoms with Gasteiger partial charge >= 0.3 is 0 Å². The standard InChI is InChI=1S/C19H36O2Si/c1-17(2,3)22(7,8)21-15-18(4,5)12-10-14-19(6)13-9-11-16(19)20/h9,11H,10,12-15H2,1-8H3. The second kappa shape index (κ2) is 6.60. The van der Waals surface area contributed by atoms with E-state index in [0.717, 1.165) is 32.3 Å². The first-order valence-electron chi connectivity index (χ1n) is 8.64. The molecule has 0 amide bonds. The van der Waals surface area contributed by atoms with Crippen LogP contribution in [0.15, 0.2) is 12.2 Å². The maximum absolute atomic E-state index is 11.9. The highest BCUT2D eigenvalue weighted by Crippen LogP contribution is 2.39. The van der Waals surface area contributed by atoms with E-state index in [1.54, 1.807) is 6.08 Å². The second-order valence-corrected chi connectivity index (χ2v) is 14.4. The predicted octanol–water partition coefficient (Wildman–Crippen LogP) is 5.74. The van der Waals surface area contributed by atoms with Crippen LogP contribution < -0.4 is 0 Å². The Labute approximate surface area is 138 Å². The lowest BCUT2D eigenvalue weighted by Gasteiger charge is -2.39. The zero-order valence-corrected chi connectivity index (χ0v) is 17.0. The Balaban J connectivity index is 2.43. The fraction of sp³-hybridized carbons (Fsp3) is 0.842. The summed E-state index contributed by atoms with van der Waals surface area (Å²) in [4.78, 5) is 11.9. The SMILES string of the molecule is CC(C)(CCCC1(C)CC=CC1=O)CO[Si](C)(C)C(C)(C)C. The lowest BCUT2D eigenvalue weighted by Crippen LogP contribution is -2.43. The Bertz CT molecular complexity index is 429. The molecule has 1 atom stereocenters. The zero-order valence-electron chi connectivity index (χ0n) is 16.0. The molecule has 2 nitrogen and oxygen atoms in total. The van der Waals surface area contributed by atoms with Crippen LogP contribution in [0, 0.1) is 10.8 Å². The lowest BCUT2D eigenvalue weighted by atomic mass is 9.79. The lowest BCUT2D eigenvalue weighted by molar-refractivity contribution is -0.122. The van der Waals surface area contributed by atoms with Gasteiger partial charge in [0.05, 0.1) is 0 Å². The van der Waals surface area contributed by atoms with Crippen molar-refractivity contribution in [2.75, 3.05) is 6.61 Å². The fourth-order valence-electron chi connectivity index (χ4n) is 2.57. The molecule has 0 radical (unpaired) electrons. The van der Waals surface area contributed by atoms with E-state index in [1.165, 1.54) is 0 Å². The molecule has 22 heavy (non-hydrogen) atoms. The van der Waals surface area contributed by atoms with Crippen molar-refractivity contribution in [1.29, 1.82) is 0 Å². The van der Waals surface area contributed by atoms with E-state index in [2.05, 4.69) is 54.6 Å². The molecule has 0 fully saturated rings. The molecule has 128 valence electrons. The molecule has 1 unspecified atom stereocenters. The number of allylic oxidation sites excluding steroid dienone is 2. The van der Waals surface area contributed by atoms with Crippen LogP contribution in [0.5, 0.6) is 0 Å². The molecule has 1 rings (SSSR count). The first-order chi connectivity index (χ1) is 9.79. The van der Waals surface area contributed by atoms with Gasteiger partial charge in [-0.3, -0.25) is 4.79 Å². The third kappa shape index (κ3) is 5.06. The van der Waals surface area contributed by atoms with Gasteiger partial charge in [0.2, 0.25) is 0 Å². The third-order valence-electron chi connectivity index (χ3n) is 5.64. The van der Waals surface area contributed by atoms with Crippen molar-refractivity contribution in [2.45, 2.75) is 85.4 Å². The minimum Gasteiger partial charge on any atom is -0.416 e. The van der Waals surface area contributed by atoms with Gasteiger partial charge in [-0.2, -0.15) is 0 Å². The summed E-state index contributed by atoms with van der Waals surface area (Å²) >= 11 is 0. The van der Waals surface area contributed by atoms with Crippen molar-refractivity contribution in [3.63, 3.8) is 0 Å². The van der Waals surface area contributed by atoms with Gasteiger partial charge in [0.1, 0.15) is 0 Å². The quantitative estimate of drug-likeness (QED) is 0.558. The van der Waals surface area contributed by atoms with E-state index < -0.39 is 8.32 Å². The van der Waals surface area contributed by atoms with Crippen LogP contribution in [0.3, 0.4) is 0 Å². The van der Waals surface area contributed by atoms with Crippen LogP contribution in [-0.4, -0.2) is 20.7 Å². The highest BCUT2D eigenvalue weighted by molar-refractivity contribution is 6.74.